The molecule has 2 aromatic rings. The van der Waals surface area contributed by atoms with E-state index in [2.05, 4.69) is 26.2 Å². The first-order valence-corrected chi connectivity index (χ1v) is 9.30. The Hall–Kier alpha value is -2.27. The molecular formula is C19H17BrF3N3O. The van der Waals surface area contributed by atoms with Crippen LogP contribution < -0.4 is 10.1 Å². The Bertz CT molecular complexity index is 843. The number of hydrogen-bond acceptors (Lipinski definition) is 4. The zero-order valence-electron chi connectivity index (χ0n) is 14.3. The standard InChI is InChI=1S/C19H17BrF3N3O/c20-13-8-16(11-25-10-13)27-15-6-4-14(5-7-15)26-17-3-1-2-12(9-24)18(17)19(21,22)23/h1-3,8,10-11,14-15,26H,4-7H2. The SMILES string of the molecule is N#Cc1cccc(NC2CCC(Oc3cncc(Br)c3)CC2)c1C(F)(F)F. The summed E-state index contributed by atoms with van der Waals surface area (Å²) in [4.78, 5) is 4.05. The molecule has 1 heterocycles. The Balaban J connectivity index is 1.64. The van der Waals surface area contributed by atoms with Gasteiger partial charge in [-0.05, 0) is 59.8 Å². The van der Waals surface area contributed by atoms with Gasteiger partial charge in [-0.3, -0.25) is 4.98 Å². The molecule has 0 bridgehead atoms. The van der Waals surface area contributed by atoms with Gasteiger partial charge in [0.1, 0.15) is 5.75 Å². The van der Waals surface area contributed by atoms with Crippen LogP contribution in [0.5, 0.6) is 5.75 Å². The lowest BCUT2D eigenvalue weighted by molar-refractivity contribution is -0.137. The predicted octanol–water partition coefficient (Wildman–Crippen LogP) is 5.54. The van der Waals surface area contributed by atoms with Crippen LogP contribution in [0.1, 0.15) is 36.8 Å². The molecule has 142 valence electrons. The van der Waals surface area contributed by atoms with Crippen molar-refractivity contribution in [2.75, 3.05) is 5.32 Å². The van der Waals surface area contributed by atoms with Crippen LogP contribution >= 0.6 is 15.9 Å². The van der Waals surface area contributed by atoms with Crippen LogP contribution in [0, 0.1) is 11.3 Å². The molecule has 3 rings (SSSR count). The number of anilines is 1. The van der Waals surface area contributed by atoms with E-state index in [1.165, 1.54) is 18.2 Å². The van der Waals surface area contributed by atoms with Gasteiger partial charge >= 0.3 is 6.18 Å². The van der Waals surface area contributed by atoms with Crippen molar-refractivity contribution >= 4 is 21.6 Å². The maximum absolute atomic E-state index is 13.4. The molecule has 1 aromatic carbocycles. The minimum atomic E-state index is -4.58. The van der Waals surface area contributed by atoms with E-state index in [0.29, 0.717) is 18.6 Å². The molecule has 1 aromatic heterocycles. The fourth-order valence-corrected chi connectivity index (χ4v) is 3.61. The lowest BCUT2D eigenvalue weighted by Gasteiger charge is -2.31. The largest absolute Gasteiger partial charge is 0.489 e. The van der Waals surface area contributed by atoms with Crippen molar-refractivity contribution in [3.8, 4) is 11.8 Å². The average molecular weight is 440 g/mol. The number of nitriles is 1. The highest BCUT2D eigenvalue weighted by Crippen LogP contribution is 2.38. The summed E-state index contributed by atoms with van der Waals surface area (Å²) in [5, 5.41) is 12.0. The minimum absolute atomic E-state index is 0.00618. The lowest BCUT2D eigenvalue weighted by Crippen LogP contribution is -2.32. The van der Waals surface area contributed by atoms with Gasteiger partial charge in [-0.2, -0.15) is 18.4 Å². The van der Waals surface area contributed by atoms with Crippen molar-refractivity contribution in [2.45, 2.75) is 44.0 Å². The summed E-state index contributed by atoms with van der Waals surface area (Å²) in [7, 11) is 0. The molecule has 0 amide bonds. The Morgan fingerprint density at radius 3 is 2.56 bits per heavy atom. The minimum Gasteiger partial charge on any atom is -0.489 e. The number of rotatable bonds is 4. The number of halogens is 4. The highest BCUT2D eigenvalue weighted by atomic mass is 79.9. The number of nitrogens with one attached hydrogen (secondary N) is 1. The van der Waals surface area contributed by atoms with Crippen LogP contribution in [0.15, 0.2) is 41.1 Å². The molecule has 0 spiro atoms. The Morgan fingerprint density at radius 1 is 1.19 bits per heavy atom. The van der Waals surface area contributed by atoms with Gasteiger partial charge in [0.05, 0.1) is 29.5 Å². The fraction of sp³-hybridized carbons (Fsp3) is 0.368. The quantitative estimate of drug-likeness (QED) is 0.679. The van der Waals surface area contributed by atoms with Crippen LogP contribution in [-0.2, 0) is 6.18 Å². The molecule has 1 N–H and O–H groups in total. The normalized spacial score (nSPS) is 20.0. The Labute approximate surface area is 163 Å². The molecule has 4 nitrogen and oxygen atoms in total. The predicted molar refractivity (Wildman–Crippen MR) is 98.4 cm³/mol. The smallest absolute Gasteiger partial charge is 0.419 e. The summed E-state index contributed by atoms with van der Waals surface area (Å²) in [5.74, 6) is 0.668. The Morgan fingerprint density at radius 2 is 1.93 bits per heavy atom. The second-order valence-electron chi connectivity index (χ2n) is 6.41. The molecule has 8 heteroatoms. The molecule has 0 unspecified atom stereocenters. The van der Waals surface area contributed by atoms with Gasteiger partial charge < -0.3 is 10.1 Å². The van der Waals surface area contributed by atoms with E-state index < -0.39 is 11.7 Å². The number of alkyl halides is 3. The number of benzene rings is 1. The van der Waals surface area contributed by atoms with Crippen LogP contribution in [0.3, 0.4) is 0 Å². The van der Waals surface area contributed by atoms with E-state index in [9.17, 15) is 13.2 Å². The van der Waals surface area contributed by atoms with Gasteiger partial charge in [-0.25, -0.2) is 0 Å². The van der Waals surface area contributed by atoms with E-state index >= 15 is 0 Å². The maximum atomic E-state index is 13.4. The summed E-state index contributed by atoms with van der Waals surface area (Å²) in [5.41, 5.74) is -1.31. The molecular weight excluding hydrogens is 423 g/mol. The highest BCUT2D eigenvalue weighted by Gasteiger charge is 2.37. The van der Waals surface area contributed by atoms with Crippen LogP contribution in [0.2, 0.25) is 0 Å². The van der Waals surface area contributed by atoms with E-state index in [1.54, 1.807) is 18.5 Å². The van der Waals surface area contributed by atoms with Crippen molar-refractivity contribution in [3.05, 3.63) is 52.3 Å². The van der Waals surface area contributed by atoms with Crippen molar-refractivity contribution in [1.29, 1.82) is 5.26 Å². The number of ether oxygens (including phenoxy) is 1. The third-order valence-corrected chi connectivity index (χ3v) is 4.92. The lowest BCUT2D eigenvalue weighted by atomic mass is 9.92. The van der Waals surface area contributed by atoms with Gasteiger partial charge in [0.2, 0.25) is 0 Å². The topological polar surface area (TPSA) is 57.9 Å². The fourth-order valence-electron chi connectivity index (χ4n) is 3.27. The number of aromatic nitrogens is 1. The van der Waals surface area contributed by atoms with Crippen molar-refractivity contribution < 1.29 is 17.9 Å². The van der Waals surface area contributed by atoms with Gasteiger partial charge in [-0.15, -0.1) is 0 Å². The van der Waals surface area contributed by atoms with E-state index in [0.717, 1.165) is 17.3 Å². The first-order valence-electron chi connectivity index (χ1n) is 8.51. The summed E-state index contributed by atoms with van der Waals surface area (Å²) in [6.45, 7) is 0. The van der Waals surface area contributed by atoms with E-state index in [1.807, 2.05) is 6.07 Å². The maximum Gasteiger partial charge on any atom is 0.419 e. The monoisotopic (exact) mass is 439 g/mol. The average Bonchev–Trinajstić information content (AvgIpc) is 2.62. The molecule has 1 aliphatic rings. The number of pyridine rings is 1. The molecule has 0 saturated heterocycles. The van der Waals surface area contributed by atoms with Gasteiger partial charge in [0, 0.05) is 22.4 Å². The summed E-state index contributed by atoms with van der Waals surface area (Å²) in [6.07, 6.45) is 1.54. The van der Waals surface area contributed by atoms with Gasteiger partial charge in [0.15, 0.2) is 0 Å². The summed E-state index contributed by atoms with van der Waals surface area (Å²) < 4.78 is 46.8. The third-order valence-electron chi connectivity index (χ3n) is 4.48. The second-order valence-corrected chi connectivity index (χ2v) is 7.33. The molecule has 0 atom stereocenters. The summed E-state index contributed by atoms with van der Waals surface area (Å²) >= 11 is 3.34. The third kappa shape index (κ3) is 4.92. The van der Waals surface area contributed by atoms with Crippen LogP contribution in [0.25, 0.3) is 0 Å². The van der Waals surface area contributed by atoms with E-state index in [4.69, 9.17) is 10.00 Å². The zero-order chi connectivity index (χ0) is 19.4. The van der Waals surface area contributed by atoms with Gasteiger partial charge in [0.25, 0.3) is 0 Å². The molecule has 0 radical (unpaired) electrons. The molecule has 1 aliphatic carbocycles. The summed E-state index contributed by atoms with van der Waals surface area (Å²) in [6, 6.07) is 7.39. The molecule has 1 saturated carbocycles. The zero-order valence-corrected chi connectivity index (χ0v) is 15.8. The Kier molecular flexibility index (Phi) is 5.90. The van der Waals surface area contributed by atoms with Crippen LogP contribution in [-0.4, -0.2) is 17.1 Å². The van der Waals surface area contributed by atoms with Crippen molar-refractivity contribution in [3.63, 3.8) is 0 Å². The first kappa shape index (κ1) is 19.5. The number of hydrogen-bond donors (Lipinski definition) is 1. The molecule has 1 fully saturated rings. The second kappa shape index (κ2) is 8.17. The highest BCUT2D eigenvalue weighted by molar-refractivity contribution is 9.10. The molecule has 0 aliphatic heterocycles. The van der Waals surface area contributed by atoms with Crippen molar-refractivity contribution in [1.82, 2.24) is 4.98 Å². The van der Waals surface area contributed by atoms with Crippen molar-refractivity contribution in [2.24, 2.45) is 0 Å². The number of nitrogens with zero attached hydrogens (tertiary/aromatic N) is 2. The molecule has 27 heavy (non-hydrogen) atoms. The van der Waals surface area contributed by atoms with Crippen LogP contribution in [0.4, 0.5) is 18.9 Å². The van der Waals surface area contributed by atoms with Gasteiger partial charge in [-0.1, -0.05) is 6.07 Å². The first-order chi connectivity index (χ1) is 12.9. The van der Waals surface area contributed by atoms with E-state index in [-0.39, 0.29) is 23.4 Å².